The average molecular weight is 873 g/mol. The van der Waals surface area contributed by atoms with Crippen LogP contribution in [0.25, 0.3) is 82.8 Å². The molecule has 13 rings (SSSR count). The molecule has 0 bridgehead atoms. The van der Waals surface area contributed by atoms with Gasteiger partial charge in [-0.1, -0.05) is 172 Å². The van der Waals surface area contributed by atoms with Crippen LogP contribution in [0.4, 0.5) is 0 Å². The van der Waals surface area contributed by atoms with Crippen LogP contribution in [0.15, 0.2) is 230 Å². The molecule has 0 fully saturated rings. The van der Waals surface area contributed by atoms with Crippen LogP contribution >= 0.6 is 0 Å². The molecule has 0 N–H and O–H groups in total. The molecule has 2 atom stereocenters. The first-order valence-corrected chi connectivity index (χ1v) is 24.5. The lowest BCUT2D eigenvalue weighted by atomic mass is 9.82. The molecule has 2 aromatic heterocycles. The average Bonchev–Trinajstić information content (AvgIpc) is 4.02. The van der Waals surface area contributed by atoms with Gasteiger partial charge < -0.3 is 9.13 Å². The second kappa shape index (κ2) is 16.4. The maximum absolute atomic E-state index is 2.53. The van der Waals surface area contributed by atoms with Crippen molar-refractivity contribution in [3.8, 4) is 33.6 Å². The maximum Gasteiger partial charge on any atom is 0.0542 e. The zero-order valence-corrected chi connectivity index (χ0v) is 38.6. The van der Waals surface area contributed by atoms with Gasteiger partial charge in [-0.2, -0.15) is 0 Å². The Morgan fingerprint density at radius 2 is 1.07 bits per heavy atom. The Morgan fingerprint density at radius 3 is 1.82 bits per heavy atom. The number of para-hydroxylation sites is 2. The third-order valence-corrected chi connectivity index (χ3v) is 15.1. The highest BCUT2D eigenvalue weighted by molar-refractivity contribution is 6.13. The van der Waals surface area contributed by atoms with Crippen molar-refractivity contribution in [2.45, 2.75) is 50.9 Å². The normalized spacial score (nSPS) is 15.6. The third-order valence-electron chi connectivity index (χ3n) is 15.1. The molecule has 0 aliphatic heterocycles. The highest BCUT2D eigenvalue weighted by Crippen LogP contribution is 2.52. The number of aromatic nitrogens is 2. The molecule has 2 aliphatic rings. The van der Waals surface area contributed by atoms with Crippen LogP contribution < -0.4 is 0 Å². The number of allylic oxidation sites excluding steroid dienone is 4. The van der Waals surface area contributed by atoms with Crippen LogP contribution in [-0.4, -0.2) is 9.13 Å². The van der Waals surface area contributed by atoms with Crippen LogP contribution in [0, 0.1) is 0 Å². The Kier molecular flexibility index (Phi) is 9.75. The molecule has 0 spiro atoms. The Hall–Kier alpha value is -7.94. The van der Waals surface area contributed by atoms with Crippen molar-refractivity contribution in [2.75, 3.05) is 0 Å². The minimum absolute atomic E-state index is 0.354. The second-order valence-electron chi connectivity index (χ2n) is 19.4. The van der Waals surface area contributed by atoms with Gasteiger partial charge in [0.25, 0.3) is 0 Å². The van der Waals surface area contributed by atoms with Gasteiger partial charge in [-0.15, -0.1) is 0 Å². The molecule has 2 unspecified atom stereocenters. The number of nitrogens with zero attached hydrogens (tertiary/aromatic N) is 2. The minimum Gasteiger partial charge on any atom is -0.309 e. The Balaban J connectivity index is 0.951. The summed E-state index contributed by atoms with van der Waals surface area (Å²) < 4.78 is 4.88. The molecule has 68 heavy (non-hydrogen) atoms. The van der Waals surface area contributed by atoms with Gasteiger partial charge in [-0.05, 0) is 153 Å². The largest absolute Gasteiger partial charge is 0.309 e. The molecule has 2 heterocycles. The van der Waals surface area contributed by atoms with Gasteiger partial charge >= 0.3 is 0 Å². The molecule has 2 heteroatoms. The lowest BCUT2D eigenvalue weighted by Gasteiger charge is -2.22. The van der Waals surface area contributed by atoms with Crippen LogP contribution in [0.5, 0.6) is 0 Å². The van der Waals surface area contributed by atoms with E-state index in [-0.39, 0.29) is 0 Å². The van der Waals surface area contributed by atoms with E-state index in [9.17, 15) is 0 Å². The molecule has 0 radical (unpaired) electrons. The fourth-order valence-electron chi connectivity index (χ4n) is 11.7. The van der Waals surface area contributed by atoms with Crippen LogP contribution in [0.1, 0.15) is 72.3 Å². The Morgan fingerprint density at radius 1 is 0.471 bits per heavy atom. The molecule has 9 aromatic carbocycles. The summed E-state index contributed by atoms with van der Waals surface area (Å²) in [6, 6.07) is 79.3. The second-order valence-corrected chi connectivity index (χ2v) is 19.4. The molecule has 2 aliphatic carbocycles. The predicted octanol–water partition coefficient (Wildman–Crippen LogP) is 17.6. The molecule has 0 amide bonds. The van der Waals surface area contributed by atoms with Gasteiger partial charge in [0.05, 0.1) is 22.1 Å². The summed E-state index contributed by atoms with van der Waals surface area (Å²) in [7, 11) is 0. The molecular weight excluding hydrogens is 821 g/mol. The minimum atomic E-state index is 0.354. The van der Waals surface area contributed by atoms with E-state index in [4.69, 9.17) is 0 Å². The SMILES string of the molecule is CC(C)c1cccc(C2C=CC3=C(C2)c2cc(-c4ccc5c(c4)c4cc(-c6ccccc6)ccc4n5-c4ccc5c(c4)c4ccccc4n5-c4ccccc4)ccc2C3CCc2ccccc2)c1. The van der Waals surface area contributed by atoms with Crippen molar-refractivity contribution in [1.82, 2.24) is 9.13 Å². The van der Waals surface area contributed by atoms with Gasteiger partial charge in [0.1, 0.15) is 0 Å². The van der Waals surface area contributed by atoms with Crippen LogP contribution in [-0.2, 0) is 6.42 Å². The van der Waals surface area contributed by atoms with E-state index in [1.807, 2.05) is 0 Å². The highest BCUT2D eigenvalue weighted by atomic mass is 15.0. The highest BCUT2D eigenvalue weighted by Gasteiger charge is 2.33. The third kappa shape index (κ3) is 6.77. The fraction of sp³-hybridized carbons (Fsp3) is 0.121. The van der Waals surface area contributed by atoms with E-state index in [1.54, 1.807) is 0 Å². The summed E-state index contributed by atoms with van der Waals surface area (Å²) in [5.74, 6) is 1.24. The smallest absolute Gasteiger partial charge is 0.0542 e. The van der Waals surface area contributed by atoms with Gasteiger partial charge in [0, 0.05) is 44.8 Å². The zero-order valence-electron chi connectivity index (χ0n) is 38.6. The molecule has 11 aromatic rings. The molecule has 326 valence electrons. The first-order chi connectivity index (χ1) is 33.5. The lowest BCUT2D eigenvalue weighted by Crippen LogP contribution is -2.05. The van der Waals surface area contributed by atoms with E-state index in [1.165, 1.54) is 111 Å². The Bertz CT molecular complexity index is 3790. The Labute approximate surface area is 398 Å². The summed E-state index contributed by atoms with van der Waals surface area (Å²) in [5.41, 5.74) is 22.3. The first kappa shape index (κ1) is 40.3. The van der Waals surface area contributed by atoms with Crippen molar-refractivity contribution in [2.24, 2.45) is 0 Å². The van der Waals surface area contributed by atoms with Crippen molar-refractivity contribution in [1.29, 1.82) is 0 Å². The monoisotopic (exact) mass is 872 g/mol. The van der Waals surface area contributed by atoms with Crippen LogP contribution in [0.3, 0.4) is 0 Å². The van der Waals surface area contributed by atoms with Crippen LogP contribution in [0.2, 0.25) is 0 Å². The van der Waals surface area contributed by atoms with E-state index in [2.05, 4.69) is 247 Å². The van der Waals surface area contributed by atoms with Gasteiger partial charge in [-0.25, -0.2) is 0 Å². The predicted molar refractivity (Wildman–Crippen MR) is 287 cm³/mol. The van der Waals surface area contributed by atoms with Crippen molar-refractivity contribution in [3.63, 3.8) is 0 Å². The van der Waals surface area contributed by atoms with Crippen molar-refractivity contribution >= 4 is 49.2 Å². The van der Waals surface area contributed by atoms with E-state index in [0.717, 1.165) is 24.9 Å². The maximum atomic E-state index is 2.53. The number of benzene rings is 9. The van der Waals surface area contributed by atoms with Gasteiger partial charge in [0.2, 0.25) is 0 Å². The van der Waals surface area contributed by atoms with E-state index in [0.29, 0.717) is 17.8 Å². The number of aryl methyl sites for hydroxylation is 1. The van der Waals surface area contributed by atoms with E-state index < -0.39 is 0 Å². The molecule has 0 saturated heterocycles. The summed E-state index contributed by atoms with van der Waals surface area (Å²) in [6.45, 7) is 4.59. The summed E-state index contributed by atoms with van der Waals surface area (Å²) in [5, 5.41) is 5.01. The van der Waals surface area contributed by atoms with Gasteiger partial charge in [-0.3, -0.25) is 0 Å². The number of hydrogen-bond donors (Lipinski definition) is 0. The van der Waals surface area contributed by atoms with E-state index >= 15 is 0 Å². The molecule has 0 saturated carbocycles. The van der Waals surface area contributed by atoms with Gasteiger partial charge in [0.15, 0.2) is 0 Å². The lowest BCUT2D eigenvalue weighted by molar-refractivity contribution is 0.719. The quantitative estimate of drug-likeness (QED) is 0.137. The van der Waals surface area contributed by atoms with Crippen molar-refractivity contribution < 1.29 is 0 Å². The standard InChI is InChI=1S/C66H52N2/c1-43(2)46-19-14-20-47(37-46)49-26-32-55-54(31-25-44-15-6-3-7-16-44)56-33-27-50(39-59(56)58(55)38-49)51-29-35-65-61(41-51)60-40-48(45-17-8-4-9-18-45)28-34-64(60)68(65)53-30-36-66-62(42-53)57-23-12-13-24-63(57)67(66)52-21-10-5-11-22-52/h3-24,26-30,32-37,39-43,49,54H,25,31,38H2,1-2H3. The number of rotatable bonds is 9. The summed E-state index contributed by atoms with van der Waals surface area (Å²) in [4.78, 5) is 0. The number of hydrogen-bond acceptors (Lipinski definition) is 0. The molecular formula is C66H52N2. The fourth-order valence-corrected chi connectivity index (χ4v) is 11.7. The number of fused-ring (bicyclic) bond motifs is 8. The molecule has 2 nitrogen and oxygen atoms in total. The topological polar surface area (TPSA) is 9.86 Å². The van der Waals surface area contributed by atoms with Crippen molar-refractivity contribution in [3.05, 3.63) is 258 Å². The summed E-state index contributed by atoms with van der Waals surface area (Å²) in [6.07, 6.45) is 8.16. The first-order valence-electron chi connectivity index (χ1n) is 24.5. The summed E-state index contributed by atoms with van der Waals surface area (Å²) >= 11 is 0. The zero-order chi connectivity index (χ0) is 45.3.